The summed E-state index contributed by atoms with van der Waals surface area (Å²) in [4.78, 5) is 0. The summed E-state index contributed by atoms with van der Waals surface area (Å²) in [5.41, 5.74) is 0.826. The van der Waals surface area contributed by atoms with E-state index in [-0.39, 0.29) is 5.56 Å². The molecule has 6 heteroatoms. The Bertz CT molecular complexity index is 640. The maximum atomic E-state index is 13.4. The molecule has 0 saturated carbocycles. The van der Waals surface area contributed by atoms with Gasteiger partial charge in [0.1, 0.15) is 5.75 Å². The number of hydrogen-bond donors (Lipinski definition) is 1. The van der Waals surface area contributed by atoms with Crippen LogP contribution >= 0.6 is 11.6 Å². The highest BCUT2D eigenvalue weighted by Crippen LogP contribution is 2.33. The molecule has 21 heavy (non-hydrogen) atoms. The van der Waals surface area contributed by atoms with Crippen molar-refractivity contribution in [3.05, 3.63) is 63.9 Å². The molecule has 0 aliphatic carbocycles. The van der Waals surface area contributed by atoms with Crippen LogP contribution in [0.3, 0.4) is 0 Å². The Morgan fingerprint density at radius 2 is 1.71 bits per heavy atom. The topological polar surface area (TPSA) is 21.3 Å². The number of hydrogen-bond acceptors (Lipinski definition) is 2. The van der Waals surface area contributed by atoms with Crippen LogP contribution in [0.4, 0.5) is 13.2 Å². The molecular weight excluding hydrogens is 303 g/mol. The van der Waals surface area contributed by atoms with Gasteiger partial charge in [0.05, 0.1) is 13.2 Å². The summed E-state index contributed by atoms with van der Waals surface area (Å²) >= 11 is 5.96. The van der Waals surface area contributed by atoms with Crippen LogP contribution in [0, 0.1) is 17.5 Å². The van der Waals surface area contributed by atoms with E-state index in [4.69, 9.17) is 16.3 Å². The van der Waals surface area contributed by atoms with Crippen molar-refractivity contribution >= 4 is 11.6 Å². The molecule has 0 aliphatic heterocycles. The average molecular weight is 316 g/mol. The lowest BCUT2D eigenvalue weighted by molar-refractivity contribution is 0.404. The lowest BCUT2D eigenvalue weighted by Gasteiger charge is -2.20. The van der Waals surface area contributed by atoms with Crippen molar-refractivity contribution in [1.29, 1.82) is 0 Å². The summed E-state index contributed by atoms with van der Waals surface area (Å²) in [6.07, 6.45) is 0. The second-order valence-corrected chi connectivity index (χ2v) is 4.84. The predicted molar refractivity (Wildman–Crippen MR) is 75.2 cm³/mol. The molecule has 0 aromatic heterocycles. The third-order valence-corrected chi connectivity index (χ3v) is 3.37. The number of nitrogens with one attached hydrogen (secondary N) is 1. The summed E-state index contributed by atoms with van der Waals surface area (Å²) < 4.78 is 45.1. The minimum atomic E-state index is -1.49. The molecule has 112 valence electrons. The third kappa shape index (κ3) is 3.14. The second kappa shape index (κ2) is 6.37. The zero-order valence-corrected chi connectivity index (χ0v) is 12.1. The monoisotopic (exact) mass is 315 g/mol. The highest BCUT2D eigenvalue weighted by molar-refractivity contribution is 6.30. The van der Waals surface area contributed by atoms with Crippen LogP contribution in [-0.4, -0.2) is 14.2 Å². The van der Waals surface area contributed by atoms with Gasteiger partial charge >= 0.3 is 0 Å². The Hall–Kier alpha value is -1.72. The van der Waals surface area contributed by atoms with Gasteiger partial charge in [0.15, 0.2) is 17.5 Å². The van der Waals surface area contributed by atoms with Gasteiger partial charge in [-0.05, 0) is 42.9 Å². The van der Waals surface area contributed by atoms with Crippen molar-refractivity contribution in [2.45, 2.75) is 6.04 Å². The number of benzene rings is 2. The van der Waals surface area contributed by atoms with Crippen LogP contribution < -0.4 is 10.1 Å². The summed E-state index contributed by atoms with van der Waals surface area (Å²) in [6, 6.07) is 6.21. The zero-order chi connectivity index (χ0) is 15.6. The van der Waals surface area contributed by atoms with Gasteiger partial charge in [-0.2, -0.15) is 0 Å². The number of halogens is 4. The number of ether oxygens (including phenoxy) is 1. The molecule has 2 aromatic carbocycles. The van der Waals surface area contributed by atoms with Crippen LogP contribution in [0.25, 0.3) is 0 Å². The first-order chi connectivity index (χ1) is 9.97. The van der Waals surface area contributed by atoms with E-state index in [0.717, 1.165) is 12.1 Å². The van der Waals surface area contributed by atoms with E-state index in [2.05, 4.69) is 5.32 Å². The Morgan fingerprint density at radius 1 is 1.10 bits per heavy atom. The summed E-state index contributed by atoms with van der Waals surface area (Å²) in [7, 11) is 3.09. The Balaban J connectivity index is 2.57. The molecule has 0 spiro atoms. The van der Waals surface area contributed by atoms with Gasteiger partial charge in [-0.3, -0.25) is 0 Å². The van der Waals surface area contributed by atoms with Crippen molar-refractivity contribution < 1.29 is 17.9 Å². The lowest BCUT2D eigenvalue weighted by atomic mass is 9.97. The average Bonchev–Trinajstić information content (AvgIpc) is 2.46. The molecule has 0 saturated heterocycles. The second-order valence-electron chi connectivity index (χ2n) is 4.41. The van der Waals surface area contributed by atoms with Crippen molar-refractivity contribution in [1.82, 2.24) is 5.32 Å². The maximum Gasteiger partial charge on any atom is 0.194 e. The SMILES string of the molecule is CNC(c1cc(F)c(F)c(F)c1)c1cc(Cl)ccc1OC. The van der Waals surface area contributed by atoms with Crippen molar-refractivity contribution in [2.24, 2.45) is 0 Å². The molecule has 2 aromatic rings. The predicted octanol–water partition coefficient (Wildman–Crippen LogP) is 4.07. The Morgan fingerprint density at radius 3 is 2.24 bits per heavy atom. The zero-order valence-electron chi connectivity index (χ0n) is 11.4. The lowest BCUT2D eigenvalue weighted by Crippen LogP contribution is -2.19. The van der Waals surface area contributed by atoms with E-state index >= 15 is 0 Å². The fourth-order valence-corrected chi connectivity index (χ4v) is 2.35. The van der Waals surface area contributed by atoms with Gasteiger partial charge in [0.25, 0.3) is 0 Å². The minimum absolute atomic E-state index is 0.231. The fourth-order valence-electron chi connectivity index (χ4n) is 2.17. The van der Waals surface area contributed by atoms with Crippen LogP contribution in [0.1, 0.15) is 17.2 Å². The van der Waals surface area contributed by atoms with E-state index in [1.807, 2.05) is 0 Å². The first kappa shape index (κ1) is 15.7. The summed E-state index contributed by atoms with van der Waals surface area (Å²) in [5.74, 6) is -3.48. The molecule has 0 aliphatic rings. The number of rotatable bonds is 4. The summed E-state index contributed by atoms with van der Waals surface area (Å²) in [6.45, 7) is 0. The van der Waals surface area contributed by atoms with E-state index in [0.29, 0.717) is 16.3 Å². The first-order valence-corrected chi connectivity index (χ1v) is 6.51. The van der Waals surface area contributed by atoms with Gasteiger partial charge in [-0.15, -0.1) is 0 Å². The molecule has 0 fully saturated rings. The van der Waals surface area contributed by atoms with Gasteiger partial charge < -0.3 is 10.1 Å². The van der Waals surface area contributed by atoms with E-state index in [9.17, 15) is 13.2 Å². The molecule has 2 nitrogen and oxygen atoms in total. The molecule has 0 bridgehead atoms. The first-order valence-electron chi connectivity index (χ1n) is 6.13. The molecule has 1 N–H and O–H groups in total. The fraction of sp³-hybridized carbons (Fsp3) is 0.200. The van der Waals surface area contributed by atoms with E-state index in [1.54, 1.807) is 25.2 Å². The third-order valence-electron chi connectivity index (χ3n) is 3.13. The standard InChI is InChI=1S/C15H13ClF3NO/c1-20-15(8-5-11(17)14(19)12(18)6-8)10-7-9(16)3-4-13(10)21-2/h3-7,15,20H,1-2H3. The molecular formula is C15H13ClF3NO. The largest absolute Gasteiger partial charge is 0.496 e. The van der Waals surface area contributed by atoms with Crippen molar-refractivity contribution in [3.8, 4) is 5.75 Å². The van der Waals surface area contributed by atoms with Crippen LogP contribution in [0.5, 0.6) is 5.75 Å². The molecule has 1 unspecified atom stereocenters. The molecule has 0 heterocycles. The minimum Gasteiger partial charge on any atom is -0.496 e. The quantitative estimate of drug-likeness (QED) is 0.859. The van der Waals surface area contributed by atoms with E-state index in [1.165, 1.54) is 7.11 Å². The van der Waals surface area contributed by atoms with Gasteiger partial charge in [-0.1, -0.05) is 11.6 Å². The molecule has 2 rings (SSSR count). The maximum absolute atomic E-state index is 13.4. The molecule has 0 amide bonds. The summed E-state index contributed by atoms with van der Waals surface area (Å²) in [5, 5.41) is 3.37. The van der Waals surface area contributed by atoms with Gasteiger partial charge in [0, 0.05) is 10.6 Å². The van der Waals surface area contributed by atoms with Crippen molar-refractivity contribution in [2.75, 3.05) is 14.2 Å². The Labute approximate surface area is 125 Å². The number of methoxy groups -OCH3 is 1. The highest BCUT2D eigenvalue weighted by Gasteiger charge is 2.21. The van der Waals surface area contributed by atoms with Crippen LogP contribution in [0.15, 0.2) is 30.3 Å². The Kier molecular flexibility index (Phi) is 4.75. The van der Waals surface area contributed by atoms with E-state index < -0.39 is 23.5 Å². The van der Waals surface area contributed by atoms with Gasteiger partial charge in [0.2, 0.25) is 0 Å². The molecule has 0 radical (unpaired) electrons. The molecule has 1 atom stereocenters. The van der Waals surface area contributed by atoms with Crippen molar-refractivity contribution in [3.63, 3.8) is 0 Å². The smallest absolute Gasteiger partial charge is 0.194 e. The highest BCUT2D eigenvalue weighted by atomic mass is 35.5. The van der Waals surface area contributed by atoms with Crippen LogP contribution in [0.2, 0.25) is 5.02 Å². The van der Waals surface area contributed by atoms with Gasteiger partial charge in [-0.25, -0.2) is 13.2 Å². The normalized spacial score (nSPS) is 12.3. The van der Waals surface area contributed by atoms with Crippen LogP contribution in [-0.2, 0) is 0 Å².